The van der Waals surface area contributed by atoms with Crippen molar-refractivity contribution in [3.05, 3.63) is 119 Å². The van der Waals surface area contributed by atoms with E-state index in [1.807, 2.05) is 30.3 Å². The molecule has 0 aromatic heterocycles. The Morgan fingerprint density at radius 1 is 0.733 bits per heavy atom. The Bertz CT molecular complexity index is 1620. The molecule has 13 heteroatoms. The quantitative estimate of drug-likeness (QED) is 0.0962. The highest BCUT2D eigenvalue weighted by molar-refractivity contribution is 5.94. The van der Waals surface area contributed by atoms with Gasteiger partial charge in [0.05, 0.1) is 17.5 Å². The Balaban J connectivity index is 1.65. The first-order chi connectivity index (χ1) is 21.2. The Hall–Kier alpha value is -5.33. The van der Waals surface area contributed by atoms with Gasteiger partial charge >= 0.3 is 24.3 Å². The molecule has 3 N–H and O–H groups in total. The molecule has 0 spiro atoms. The second kappa shape index (κ2) is 13.5. The molecule has 0 bridgehead atoms. The van der Waals surface area contributed by atoms with Gasteiger partial charge in [-0.2, -0.15) is 26.3 Å². The predicted molar refractivity (Wildman–Crippen MR) is 151 cm³/mol. The van der Waals surface area contributed by atoms with Gasteiger partial charge in [0, 0.05) is 17.8 Å². The number of aliphatic carboxylic acids is 1. The first kappa shape index (κ1) is 32.6. The maximum Gasteiger partial charge on any atom is 0.416 e. The first-order valence-corrected chi connectivity index (χ1v) is 13.2. The summed E-state index contributed by atoms with van der Waals surface area (Å²) < 4.78 is 87.2. The average molecular weight is 631 g/mol. The zero-order valence-electron chi connectivity index (χ0n) is 23.1. The van der Waals surface area contributed by atoms with Crippen LogP contribution >= 0.6 is 0 Å². The Morgan fingerprint density at radius 2 is 1.29 bits per heavy atom. The Kier molecular flexibility index (Phi) is 9.80. The summed E-state index contributed by atoms with van der Waals surface area (Å²) in [6.45, 7) is -0.147. The van der Waals surface area contributed by atoms with Gasteiger partial charge in [0.15, 0.2) is 6.04 Å². The van der Waals surface area contributed by atoms with E-state index in [-0.39, 0.29) is 36.0 Å². The number of hydrogen-bond donors (Lipinski definition) is 3. The summed E-state index contributed by atoms with van der Waals surface area (Å²) >= 11 is 0. The van der Waals surface area contributed by atoms with E-state index >= 15 is 0 Å². The summed E-state index contributed by atoms with van der Waals surface area (Å²) in [7, 11) is 0. The van der Waals surface area contributed by atoms with Crippen molar-refractivity contribution in [2.45, 2.75) is 24.8 Å². The van der Waals surface area contributed by atoms with Crippen molar-refractivity contribution >= 4 is 23.5 Å². The van der Waals surface area contributed by atoms with Crippen LogP contribution in [-0.2, 0) is 21.9 Å². The minimum atomic E-state index is -5.16. The molecule has 0 radical (unpaired) electrons. The fraction of sp³-hybridized carbons (Fsp3) is 0.156. The number of rotatable bonds is 10. The van der Waals surface area contributed by atoms with Crippen LogP contribution < -0.4 is 15.4 Å². The number of alkyl halides is 6. The van der Waals surface area contributed by atoms with Crippen LogP contribution in [0.25, 0.3) is 11.1 Å². The van der Waals surface area contributed by atoms with Crippen LogP contribution in [0.4, 0.5) is 32.0 Å². The molecule has 1 amide bonds. The van der Waals surface area contributed by atoms with E-state index < -0.39 is 52.9 Å². The molecule has 7 nitrogen and oxygen atoms in total. The molecule has 45 heavy (non-hydrogen) atoms. The minimum Gasteiger partial charge on any atom is -0.481 e. The van der Waals surface area contributed by atoms with Crippen molar-refractivity contribution in [2.75, 3.05) is 11.9 Å². The van der Waals surface area contributed by atoms with Gasteiger partial charge in [0.25, 0.3) is 5.91 Å². The average Bonchev–Trinajstić information content (AvgIpc) is 2.99. The smallest absolute Gasteiger partial charge is 0.416 e. The van der Waals surface area contributed by atoms with E-state index in [4.69, 9.17) is 9.84 Å². The summed E-state index contributed by atoms with van der Waals surface area (Å²) in [4.78, 5) is 36.3. The van der Waals surface area contributed by atoms with Crippen LogP contribution in [0.2, 0.25) is 0 Å². The molecular weight excluding hydrogens is 606 g/mol. The highest BCUT2D eigenvalue weighted by atomic mass is 19.4. The van der Waals surface area contributed by atoms with Gasteiger partial charge in [-0.3, -0.25) is 9.59 Å². The lowest BCUT2D eigenvalue weighted by Gasteiger charge is -2.22. The van der Waals surface area contributed by atoms with E-state index in [9.17, 15) is 40.7 Å². The SMILES string of the molecule is O=C(O)CCNC(=O)c1ccc(NC(C(=O)Oc2ccc(-c3ccccc3)cc2)c2cc(C(F)(F)F)cc(C(F)(F)F)c2)cc1. The minimum absolute atomic E-state index is 0.0112. The van der Waals surface area contributed by atoms with E-state index in [1.165, 1.54) is 36.4 Å². The van der Waals surface area contributed by atoms with Crippen molar-refractivity contribution in [1.82, 2.24) is 5.32 Å². The summed E-state index contributed by atoms with van der Waals surface area (Å²) in [5.74, 6) is -2.96. The van der Waals surface area contributed by atoms with Crippen molar-refractivity contribution in [3.63, 3.8) is 0 Å². The number of hydrogen-bond acceptors (Lipinski definition) is 5. The van der Waals surface area contributed by atoms with Crippen molar-refractivity contribution in [3.8, 4) is 16.9 Å². The zero-order chi connectivity index (χ0) is 32.8. The van der Waals surface area contributed by atoms with E-state index in [1.54, 1.807) is 12.1 Å². The Labute approximate surface area is 252 Å². The molecule has 234 valence electrons. The molecule has 0 saturated carbocycles. The molecule has 0 heterocycles. The van der Waals surface area contributed by atoms with Crippen LogP contribution in [0.1, 0.15) is 39.5 Å². The normalized spacial score (nSPS) is 12.2. The van der Waals surface area contributed by atoms with Gasteiger partial charge < -0.3 is 20.5 Å². The van der Waals surface area contributed by atoms with Crippen molar-refractivity contribution < 1.29 is 50.6 Å². The van der Waals surface area contributed by atoms with Crippen molar-refractivity contribution in [2.24, 2.45) is 0 Å². The predicted octanol–water partition coefficient (Wildman–Crippen LogP) is 7.35. The molecule has 4 aromatic carbocycles. The van der Waals surface area contributed by atoms with Gasteiger partial charge in [-0.05, 0) is 71.3 Å². The summed E-state index contributed by atoms with van der Waals surface area (Å²) in [5.41, 5.74) is -2.13. The molecule has 1 unspecified atom stereocenters. The molecule has 0 aliphatic heterocycles. The van der Waals surface area contributed by atoms with Gasteiger partial charge in [-0.25, -0.2) is 4.79 Å². The summed E-state index contributed by atoms with van der Waals surface area (Å²) in [6.07, 6.45) is -10.6. The highest BCUT2D eigenvalue weighted by Crippen LogP contribution is 2.38. The number of carboxylic acids is 1. The molecule has 4 rings (SSSR count). The van der Waals surface area contributed by atoms with Gasteiger partial charge in [-0.15, -0.1) is 0 Å². The molecule has 0 fully saturated rings. The fourth-order valence-electron chi connectivity index (χ4n) is 4.21. The lowest BCUT2D eigenvalue weighted by Crippen LogP contribution is -2.27. The fourth-order valence-corrected chi connectivity index (χ4v) is 4.21. The summed E-state index contributed by atoms with van der Waals surface area (Å²) in [5, 5.41) is 13.7. The Morgan fingerprint density at radius 3 is 1.82 bits per heavy atom. The number of nitrogens with one attached hydrogen (secondary N) is 2. The monoisotopic (exact) mass is 630 g/mol. The van der Waals surface area contributed by atoms with Crippen LogP contribution in [-0.4, -0.2) is 29.5 Å². The highest BCUT2D eigenvalue weighted by Gasteiger charge is 2.38. The lowest BCUT2D eigenvalue weighted by molar-refractivity contribution is -0.144. The number of ether oxygens (including phenoxy) is 1. The lowest BCUT2D eigenvalue weighted by atomic mass is 9.99. The second-order valence-corrected chi connectivity index (χ2v) is 9.71. The van der Waals surface area contributed by atoms with Crippen LogP contribution in [0.3, 0.4) is 0 Å². The molecular formula is C32H24F6N2O5. The van der Waals surface area contributed by atoms with Crippen LogP contribution in [0.5, 0.6) is 5.75 Å². The van der Waals surface area contributed by atoms with Crippen molar-refractivity contribution in [1.29, 1.82) is 0 Å². The first-order valence-electron chi connectivity index (χ1n) is 13.2. The maximum atomic E-state index is 13.6. The third kappa shape index (κ3) is 8.85. The number of anilines is 1. The number of benzene rings is 4. The number of amides is 1. The number of carboxylic acid groups (broad SMARTS) is 1. The van der Waals surface area contributed by atoms with Crippen LogP contribution in [0.15, 0.2) is 97.1 Å². The number of carbonyl (C=O) groups is 3. The standard InChI is InChI=1S/C32H24F6N2O5/c33-31(34,35)23-16-22(17-24(18-23)32(36,37)38)28(40-25-10-6-21(7-11-25)29(43)39-15-14-27(41)42)30(44)45-26-12-8-20(9-13-26)19-4-2-1-3-5-19/h1-13,16-18,28,40H,14-15H2,(H,39,43)(H,41,42). The van der Waals surface area contributed by atoms with E-state index in [0.29, 0.717) is 12.1 Å². The van der Waals surface area contributed by atoms with Gasteiger partial charge in [0.2, 0.25) is 0 Å². The third-order valence-corrected chi connectivity index (χ3v) is 6.44. The number of esters is 1. The third-order valence-electron chi connectivity index (χ3n) is 6.44. The maximum absolute atomic E-state index is 13.6. The summed E-state index contributed by atoms with van der Waals surface area (Å²) in [6, 6.07) is 19.3. The van der Waals surface area contributed by atoms with Gasteiger partial charge in [0.1, 0.15) is 5.75 Å². The second-order valence-electron chi connectivity index (χ2n) is 9.71. The topological polar surface area (TPSA) is 105 Å². The van der Waals surface area contributed by atoms with E-state index in [0.717, 1.165) is 11.1 Å². The molecule has 0 aliphatic carbocycles. The largest absolute Gasteiger partial charge is 0.481 e. The van der Waals surface area contributed by atoms with E-state index in [2.05, 4.69) is 10.6 Å². The van der Waals surface area contributed by atoms with Gasteiger partial charge in [-0.1, -0.05) is 42.5 Å². The zero-order valence-corrected chi connectivity index (χ0v) is 23.1. The molecule has 1 atom stereocenters. The molecule has 0 aliphatic rings. The molecule has 4 aromatic rings. The van der Waals surface area contributed by atoms with Crippen LogP contribution in [0, 0.1) is 0 Å². The number of carbonyl (C=O) groups excluding carboxylic acids is 2. The number of halogens is 6. The molecule has 0 saturated heterocycles.